The van der Waals surface area contributed by atoms with Crippen LogP contribution in [0.1, 0.15) is 45.1 Å². The minimum Gasteiger partial charge on any atom is -0.353 e. The van der Waals surface area contributed by atoms with Crippen LogP contribution in [0.5, 0.6) is 0 Å². The van der Waals surface area contributed by atoms with Gasteiger partial charge in [0.2, 0.25) is 5.91 Å². The van der Waals surface area contributed by atoms with Gasteiger partial charge < -0.3 is 5.32 Å². The Kier molecular flexibility index (Phi) is 5.00. The molecule has 1 aromatic rings. The summed E-state index contributed by atoms with van der Waals surface area (Å²) in [5.41, 5.74) is 1.32. The van der Waals surface area contributed by atoms with E-state index in [9.17, 15) is 4.79 Å². The van der Waals surface area contributed by atoms with E-state index in [1.165, 1.54) is 18.4 Å². The van der Waals surface area contributed by atoms with Crippen molar-refractivity contribution in [3.8, 4) is 0 Å². The van der Waals surface area contributed by atoms with Crippen LogP contribution in [0.15, 0.2) is 30.3 Å². The predicted octanol–water partition coefficient (Wildman–Crippen LogP) is 3.56. The van der Waals surface area contributed by atoms with Crippen molar-refractivity contribution < 1.29 is 4.79 Å². The number of nitrogens with one attached hydrogen (secondary N) is 1. The first-order valence-electron chi connectivity index (χ1n) is 7.55. The Morgan fingerprint density at radius 3 is 2.58 bits per heavy atom. The maximum atomic E-state index is 12.2. The summed E-state index contributed by atoms with van der Waals surface area (Å²) in [7, 11) is 0. The molecule has 2 unspecified atom stereocenters. The lowest BCUT2D eigenvalue weighted by atomic mass is 10.00. The van der Waals surface area contributed by atoms with Gasteiger partial charge in [-0.15, -0.1) is 0 Å². The Morgan fingerprint density at radius 2 is 2.00 bits per heavy atom. The quantitative estimate of drug-likeness (QED) is 0.797. The fourth-order valence-corrected chi connectivity index (χ4v) is 2.59. The zero-order valence-electron chi connectivity index (χ0n) is 12.1. The highest BCUT2D eigenvalue weighted by Gasteiger charge is 2.32. The van der Waals surface area contributed by atoms with Crippen LogP contribution < -0.4 is 5.32 Å². The van der Waals surface area contributed by atoms with E-state index in [-0.39, 0.29) is 11.8 Å². The summed E-state index contributed by atoms with van der Waals surface area (Å²) >= 11 is 0. The first-order chi connectivity index (χ1) is 9.20. The average Bonchev–Trinajstić information content (AvgIpc) is 3.23. The van der Waals surface area contributed by atoms with Crippen LogP contribution in [-0.2, 0) is 11.2 Å². The molecule has 1 saturated carbocycles. The lowest BCUT2D eigenvalue weighted by molar-refractivity contribution is -0.125. The molecule has 1 aromatic carbocycles. The summed E-state index contributed by atoms with van der Waals surface area (Å²) in [5, 5.41) is 3.27. The molecule has 1 aliphatic rings. The molecule has 1 amide bonds. The molecule has 19 heavy (non-hydrogen) atoms. The van der Waals surface area contributed by atoms with Gasteiger partial charge in [0.25, 0.3) is 0 Å². The van der Waals surface area contributed by atoms with Crippen molar-refractivity contribution in [2.24, 2.45) is 11.8 Å². The van der Waals surface area contributed by atoms with Crippen LogP contribution in [-0.4, -0.2) is 11.9 Å². The molecule has 2 rings (SSSR count). The molecule has 104 valence electrons. The normalized spacial score (nSPS) is 17.8. The van der Waals surface area contributed by atoms with Crippen LogP contribution in [0.4, 0.5) is 0 Å². The third kappa shape index (κ3) is 4.38. The van der Waals surface area contributed by atoms with Gasteiger partial charge in [0.1, 0.15) is 0 Å². The van der Waals surface area contributed by atoms with E-state index >= 15 is 0 Å². The second-order valence-electron chi connectivity index (χ2n) is 5.83. The third-order valence-corrected chi connectivity index (χ3v) is 3.99. The standard InChI is InChI=1S/C17H25NO/c1-3-7-13(2)17(19)18-16(15-10-11-15)12-14-8-5-4-6-9-14/h4-6,8-9,13,15-16H,3,7,10-12H2,1-2H3,(H,18,19). The summed E-state index contributed by atoms with van der Waals surface area (Å²) < 4.78 is 0. The lowest BCUT2D eigenvalue weighted by Gasteiger charge is -2.21. The maximum absolute atomic E-state index is 12.2. The molecule has 0 aromatic heterocycles. The minimum atomic E-state index is 0.141. The summed E-state index contributed by atoms with van der Waals surface area (Å²) in [4.78, 5) is 12.2. The Hall–Kier alpha value is -1.31. The van der Waals surface area contributed by atoms with E-state index in [4.69, 9.17) is 0 Å². The molecule has 0 heterocycles. The molecule has 1 fully saturated rings. The number of carbonyl (C=O) groups is 1. The number of amides is 1. The zero-order chi connectivity index (χ0) is 13.7. The van der Waals surface area contributed by atoms with Gasteiger partial charge >= 0.3 is 0 Å². The van der Waals surface area contributed by atoms with Crippen LogP contribution >= 0.6 is 0 Å². The van der Waals surface area contributed by atoms with E-state index < -0.39 is 0 Å². The highest BCUT2D eigenvalue weighted by atomic mass is 16.1. The van der Waals surface area contributed by atoms with Gasteiger partial charge in [0.15, 0.2) is 0 Å². The summed E-state index contributed by atoms with van der Waals surface area (Å²) in [6, 6.07) is 10.8. The first kappa shape index (κ1) is 14.1. The van der Waals surface area contributed by atoms with Crippen molar-refractivity contribution in [1.82, 2.24) is 5.32 Å². The van der Waals surface area contributed by atoms with E-state index in [2.05, 4.69) is 36.5 Å². The van der Waals surface area contributed by atoms with Crippen molar-refractivity contribution >= 4 is 5.91 Å². The molecular weight excluding hydrogens is 234 g/mol. The second-order valence-corrected chi connectivity index (χ2v) is 5.83. The van der Waals surface area contributed by atoms with E-state index in [0.717, 1.165) is 19.3 Å². The fourth-order valence-electron chi connectivity index (χ4n) is 2.59. The highest BCUT2D eigenvalue weighted by molar-refractivity contribution is 5.78. The molecule has 0 saturated heterocycles. The van der Waals surface area contributed by atoms with Gasteiger partial charge in [-0.3, -0.25) is 4.79 Å². The highest BCUT2D eigenvalue weighted by Crippen LogP contribution is 2.34. The number of benzene rings is 1. The van der Waals surface area contributed by atoms with E-state index in [0.29, 0.717) is 12.0 Å². The SMILES string of the molecule is CCCC(C)C(=O)NC(Cc1ccccc1)C1CC1. The zero-order valence-corrected chi connectivity index (χ0v) is 12.1. The Labute approximate surface area is 116 Å². The van der Waals surface area contributed by atoms with Crippen LogP contribution in [0.25, 0.3) is 0 Å². The number of hydrogen-bond donors (Lipinski definition) is 1. The van der Waals surface area contributed by atoms with Gasteiger partial charge in [0, 0.05) is 12.0 Å². The van der Waals surface area contributed by atoms with Gasteiger partial charge in [-0.05, 0) is 37.2 Å². The number of carbonyl (C=O) groups excluding carboxylic acids is 1. The van der Waals surface area contributed by atoms with Gasteiger partial charge in [-0.25, -0.2) is 0 Å². The summed E-state index contributed by atoms with van der Waals surface area (Å²) in [5.74, 6) is 1.06. The van der Waals surface area contributed by atoms with E-state index in [1.54, 1.807) is 0 Å². The lowest BCUT2D eigenvalue weighted by Crippen LogP contribution is -2.40. The maximum Gasteiger partial charge on any atom is 0.223 e. The molecule has 0 radical (unpaired) electrons. The minimum absolute atomic E-state index is 0.141. The molecule has 2 heteroatoms. The molecule has 2 atom stereocenters. The molecule has 1 N–H and O–H groups in total. The molecule has 0 spiro atoms. The van der Waals surface area contributed by atoms with Crippen LogP contribution in [0, 0.1) is 11.8 Å². The smallest absolute Gasteiger partial charge is 0.223 e. The summed E-state index contributed by atoms with van der Waals surface area (Å²) in [6.07, 6.45) is 5.55. The fraction of sp³-hybridized carbons (Fsp3) is 0.588. The van der Waals surface area contributed by atoms with Crippen LogP contribution in [0.3, 0.4) is 0 Å². The Morgan fingerprint density at radius 1 is 1.32 bits per heavy atom. The van der Waals surface area contributed by atoms with Crippen molar-refractivity contribution in [1.29, 1.82) is 0 Å². The molecular formula is C17H25NO. The Bertz CT molecular complexity index is 397. The average molecular weight is 259 g/mol. The molecule has 0 aliphatic heterocycles. The Balaban J connectivity index is 1.91. The van der Waals surface area contributed by atoms with Crippen molar-refractivity contribution in [2.75, 3.05) is 0 Å². The third-order valence-electron chi connectivity index (χ3n) is 3.99. The number of hydrogen-bond acceptors (Lipinski definition) is 1. The van der Waals surface area contributed by atoms with Gasteiger partial charge in [-0.1, -0.05) is 50.6 Å². The largest absolute Gasteiger partial charge is 0.353 e. The molecule has 0 bridgehead atoms. The molecule has 2 nitrogen and oxygen atoms in total. The van der Waals surface area contributed by atoms with Crippen molar-refractivity contribution in [3.63, 3.8) is 0 Å². The monoisotopic (exact) mass is 259 g/mol. The van der Waals surface area contributed by atoms with Crippen LogP contribution in [0.2, 0.25) is 0 Å². The predicted molar refractivity (Wildman–Crippen MR) is 78.9 cm³/mol. The molecule has 1 aliphatic carbocycles. The number of rotatable bonds is 7. The topological polar surface area (TPSA) is 29.1 Å². The van der Waals surface area contributed by atoms with E-state index in [1.807, 2.05) is 13.0 Å². The first-order valence-corrected chi connectivity index (χ1v) is 7.55. The summed E-state index contributed by atoms with van der Waals surface area (Å²) in [6.45, 7) is 4.16. The van der Waals surface area contributed by atoms with Gasteiger partial charge in [-0.2, -0.15) is 0 Å². The second kappa shape index (κ2) is 6.74. The van der Waals surface area contributed by atoms with Gasteiger partial charge in [0.05, 0.1) is 0 Å². The van der Waals surface area contributed by atoms with Crippen molar-refractivity contribution in [3.05, 3.63) is 35.9 Å². The van der Waals surface area contributed by atoms with Crippen molar-refractivity contribution in [2.45, 2.75) is 52.0 Å².